The van der Waals surface area contributed by atoms with Gasteiger partial charge >= 0.3 is 6.03 Å². The Morgan fingerprint density at radius 1 is 1.03 bits per heavy atom. The zero-order valence-electron chi connectivity index (χ0n) is 16.2. The maximum Gasteiger partial charge on any atom is 0.325 e. The third-order valence-electron chi connectivity index (χ3n) is 3.84. The van der Waals surface area contributed by atoms with Gasteiger partial charge in [-0.2, -0.15) is 0 Å². The molecule has 0 unspecified atom stereocenters. The molecule has 150 valence electrons. The maximum absolute atomic E-state index is 12.2. The van der Waals surface area contributed by atoms with Crippen molar-refractivity contribution in [3.63, 3.8) is 0 Å². The molecule has 3 amide bonds. The lowest BCUT2D eigenvalue weighted by atomic mass is 10.2. The van der Waals surface area contributed by atoms with E-state index in [4.69, 9.17) is 4.74 Å². The summed E-state index contributed by atoms with van der Waals surface area (Å²) < 4.78 is 5.38. The summed E-state index contributed by atoms with van der Waals surface area (Å²) in [6.07, 6.45) is 0.116. The number of hydrogen-bond donors (Lipinski definition) is 3. The van der Waals surface area contributed by atoms with Gasteiger partial charge in [-0.25, -0.2) is 9.78 Å². The topological polar surface area (TPSA) is 92.4 Å². The first-order valence-electron chi connectivity index (χ1n) is 9.13. The Morgan fingerprint density at radius 3 is 2.55 bits per heavy atom. The Labute approximate surface area is 173 Å². The Hall–Kier alpha value is -3.39. The number of nitrogens with zero attached hydrogens (tertiary/aromatic N) is 1. The fourth-order valence-corrected chi connectivity index (χ4v) is 3.30. The lowest BCUT2D eigenvalue weighted by Gasteiger charge is -2.06. The number of hydrogen-bond acceptors (Lipinski definition) is 5. The number of carbonyl (C=O) groups excluding carboxylic acids is 2. The summed E-state index contributed by atoms with van der Waals surface area (Å²) in [5.74, 6) is 0.569. The molecule has 1 heterocycles. The van der Waals surface area contributed by atoms with Gasteiger partial charge in [0.25, 0.3) is 0 Å². The van der Waals surface area contributed by atoms with Crippen LogP contribution >= 0.6 is 11.3 Å². The number of ether oxygens (including phenoxy) is 1. The highest BCUT2D eigenvalue weighted by atomic mass is 32.1. The summed E-state index contributed by atoms with van der Waals surface area (Å²) in [5, 5.41) is 10.4. The van der Waals surface area contributed by atoms with Crippen molar-refractivity contribution in [2.24, 2.45) is 0 Å². The highest BCUT2D eigenvalue weighted by Gasteiger charge is 2.10. The predicted octanol–water partition coefficient (Wildman–Crippen LogP) is 4.68. The van der Waals surface area contributed by atoms with Crippen molar-refractivity contribution in [2.45, 2.75) is 20.3 Å². The summed E-state index contributed by atoms with van der Waals surface area (Å²) in [7, 11) is 0. The molecule has 8 heteroatoms. The van der Waals surface area contributed by atoms with Gasteiger partial charge in [0.1, 0.15) is 5.75 Å². The van der Waals surface area contributed by atoms with Crippen LogP contribution in [0.5, 0.6) is 5.75 Å². The van der Waals surface area contributed by atoms with Gasteiger partial charge in [0, 0.05) is 16.8 Å². The van der Waals surface area contributed by atoms with Crippen LogP contribution in [0.2, 0.25) is 0 Å². The fraction of sp³-hybridized carbons (Fsp3) is 0.190. The fourth-order valence-electron chi connectivity index (χ4n) is 2.60. The minimum absolute atomic E-state index is 0.116. The van der Waals surface area contributed by atoms with E-state index in [0.29, 0.717) is 28.8 Å². The second kappa shape index (κ2) is 9.70. The number of rotatable bonds is 7. The first-order valence-corrected chi connectivity index (χ1v) is 10.0. The molecule has 0 spiro atoms. The van der Waals surface area contributed by atoms with Crippen molar-refractivity contribution in [1.82, 2.24) is 4.98 Å². The second-order valence-corrected chi connectivity index (χ2v) is 7.13. The lowest BCUT2D eigenvalue weighted by molar-refractivity contribution is -0.115. The number of thiazole rings is 1. The van der Waals surface area contributed by atoms with Gasteiger partial charge in [-0.3, -0.25) is 10.1 Å². The second-order valence-electron chi connectivity index (χ2n) is 6.27. The van der Waals surface area contributed by atoms with Crippen LogP contribution in [0.4, 0.5) is 21.3 Å². The van der Waals surface area contributed by atoms with E-state index in [1.54, 1.807) is 29.6 Å². The van der Waals surface area contributed by atoms with Crippen LogP contribution in [-0.2, 0) is 11.2 Å². The Balaban J connectivity index is 1.50. The van der Waals surface area contributed by atoms with Crippen LogP contribution in [0.3, 0.4) is 0 Å². The molecular weight excluding hydrogens is 388 g/mol. The summed E-state index contributed by atoms with van der Waals surface area (Å²) in [4.78, 5) is 28.6. The normalized spacial score (nSPS) is 10.3. The smallest absolute Gasteiger partial charge is 0.325 e. The third-order valence-corrected chi connectivity index (χ3v) is 4.65. The molecule has 0 fully saturated rings. The molecule has 0 aliphatic carbocycles. The van der Waals surface area contributed by atoms with E-state index >= 15 is 0 Å². The van der Waals surface area contributed by atoms with Gasteiger partial charge < -0.3 is 15.4 Å². The molecule has 3 N–H and O–H groups in total. The summed E-state index contributed by atoms with van der Waals surface area (Å²) in [6.45, 7) is 4.46. The van der Waals surface area contributed by atoms with E-state index in [1.165, 1.54) is 11.3 Å². The van der Waals surface area contributed by atoms with Crippen molar-refractivity contribution < 1.29 is 14.3 Å². The van der Waals surface area contributed by atoms with Crippen molar-refractivity contribution in [3.05, 3.63) is 65.2 Å². The Kier molecular flexibility index (Phi) is 6.80. The summed E-state index contributed by atoms with van der Waals surface area (Å²) in [6, 6.07) is 14.3. The minimum Gasteiger partial charge on any atom is -0.494 e. The van der Waals surface area contributed by atoms with Crippen molar-refractivity contribution in [3.8, 4) is 5.75 Å². The standard InChI is InChI=1S/C21H22N4O3S/c1-3-28-18-9-7-15(8-10-18)22-19(26)12-17-13-29-21(24-17)25-20(27)23-16-6-4-5-14(2)11-16/h4-11,13H,3,12H2,1-2H3,(H,22,26)(H2,23,24,25,27). The van der Waals surface area contributed by atoms with Gasteiger partial charge in [-0.1, -0.05) is 12.1 Å². The van der Waals surface area contributed by atoms with E-state index < -0.39 is 0 Å². The number of amides is 3. The van der Waals surface area contributed by atoms with Crippen molar-refractivity contribution in [2.75, 3.05) is 22.6 Å². The van der Waals surface area contributed by atoms with E-state index in [0.717, 1.165) is 11.3 Å². The predicted molar refractivity (Wildman–Crippen MR) is 116 cm³/mol. The number of carbonyl (C=O) groups is 2. The zero-order chi connectivity index (χ0) is 20.6. The number of aromatic nitrogens is 1. The Bertz CT molecular complexity index is 986. The molecule has 29 heavy (non-hydrogen) atoms. The quantitative estimate of drug-likeness (QED) is 0.527. The number of nitrogens with one attached hydrogen (secondary N) is 3. The van der Waals surface area contributed by atoms with Gasteiger partial charge in [0.15, 0.2) is 5.13 Å². The molecular formula is C21H22N4O3S. The summed E-state index contributed by atoms with van der Waals surface area (Å²) >= 11 is 1.27. The van der Waals surface area contributed by atoms with E-state index in [2.05, 4.69) is 20.9 Å². The number of anilines is 3. The molecule has 0 saturated carbocycles. The van der Waals surface area contributed by atoms with Gasteiger partial charge in [0.2, 0.25) is 5.91 Å². The van der Waals surface area contributed by atoms with E-state index in [9.17, 15) is 9.59 Å². The molecule has 1 aromatic heterocycles. The first-order chi connectivity index (χ1) is 14.0. The van der Waals surface area contributed by atoms with Gasteiger partial charge in [0.05, 0.1) is 18.7 Å². The molecule has 0 bridgehead atoms. The maximum atomic E-state index is 12.2. The monoisotopic (exact) mass is 410 g/mol. The number of benzene rings is 2. The van der Waals surface area contributed by atoms with E-state index in [-0.39, 0.29) is 18.4 Å². The van der Waals surface area contributed by atoms with E-state index in [1.807, 2.05) is 38.1 Å². The Morgan fingerprint density at radius 2 is 1.83 bits per heavy atom. The minimum atomic E-state index is -0.379. The average molecular weight is 410 g/mol. The molecule has 7 nitrogen and oxygen atoms in total. The molecule has 0 saturated heterocycles. The highest BCUT2D eigenvalue weighted by molar-refractivity contribution is 7.14. The van der Waals surface area contributed by atoms with Crippen LogP contribution in [0.15, 0.2) is 53.9 Å². The van der Waals surface area contributed by atoms with Crippen LogP contribution in [0.25, 0.3) is 0 Å². The molecule has 0 atom stereocenters. The van der Waals surface area contributed by atoms with Crippen LogP contribution < -0.4 is 20.7 Å². The van der Waals surface area contributed by atoms with Crippen molar-refractivity contribution in [1.29, 1.82) is 0 Å². The molecule has 0 aliphatic heterocycles. The number of urea groups is 1. The van der Waals surface area contributed by atoms with Gasteiger partial charge in [-0.05, 0) is 55.8 Å². The molecule has 0 aliphatic rings. The molecule has 0 radical (unpaired) electrons. The first kappa shape index (κ1) is 20.3. The van der Waals surface area contributed by atoms with Gasteiger partial charge in [-0.15, -0.1) is 11.3 Å². The zero-order valence-corrected chi connectivity index (χ0v) is 17.0. The highest BCUT2D eigenvalue weighted by Crippen LogP contribution is 2.19. The largest absolute Gasteiger partial charge is 0.494 e. The van der Waals surface area contributed by atoms with Crippen molar-refractivity contribution >= 4 is 39.8 Å². The van der Waals surface area contributed by atoms with Crippen LogP contribution in [-0.4, -0.2) is 23.5 Å². The lowest BCUT2D eigenvalue weighted by Crippen LogP contribution is -2.19. The average Bonchev–Trinajstić information content (AvgIpc) is 3.10. The SMILES string of the molecule is CCOc1ccc(NC(=O)Cc2csc(NC(=O)Nc3cccc(C)c3)n2)cc1. The molecule has 2 aromatic carbocycles. The summed E-state index contributed by atoms with van der Waals surface area (Å²) in [5.41, 5.74) is 3.03. The third kappa shape index (κ3) is 6.32. The molecule has 3 rings (SSSR count). The molecule has 3 aromatic rings. The van der Waals surface area contributed by atoms with Crippen LogP contribution in [0.1, 0.15) is 18.2 Å². The van der Waals surface area contributed by atoms with Crippen LogP contribution in [0, 0.1) is 6.92 Å². The number of aryl methyl sites for hydroxylation is 1.